The molecule has 0 saturated carbocycles. The van der Waals surface area contributed by atoms with E-state index in [1.807, 2.05) is 39.3 Å². The number of nitrogens with zero attached hydrogens (tertiary/aromatic N) is 2. The van der Waals surface area contributed by atoms with Crippen LogP contribution in [0.1, 0.15) is 17.0 Å². The quantitative estimate of drug-likeness (QED) is 0.862. The Bertz CT molecular complexity index is 661. The summed E-state index contributed by atoms with van der Waals surface area (Å²) in [6.07, 6.45) is 0.758. The van der Waals surface area contributed by atoms with Crippen molar-refractivity contribution in [3.8, 4) is 0 Å². The minimum Gasteiger partial charge on any atom is -0.378 e. The lowest BCUT2D eigenvalue weighted by Crippen LogP contribution is -2.24. The molecule has 1 heterocycles. The first kappa shape index (κ1) is 13.7. The Morgan fingerprint density at radius 3 is 2.38 bits per heavy atom. The van der Waals surface area contributed by atoms with E-state index in [4.69, 9.17) is 0 Å². The average molecular weight is 280 g/mol. The van der Waals surface area contributed by atoms with Gasteiger partial charge in [0.05, 0.1) is 5.92 Å². The molecule has 0 aromatic heterocycles. The molecule has 2 aromatic rings. The number of fused-ring (bicyclic) bond motifs is 1. The average Bonchev–Trinajstić information content (AvgIpc) is 2.73. The van der Waals surface area contributed by atoms with E-state index < -0.39 is 0 Å². The Hall–Kier alpha value is -2.29. The molecular formula is C18H20N2O. The lowest BCUT2D eigenvalue weighted by molar-refractivity contribution is -0.119. The van der Waals surface area contributed by atoms with Crippen LogP contribution in [0.15, 0.2) is 48.5 Å². The summed E-state index contributed by atoms with van der Waals surface area (Å²) in [7, 11) is 5.91. The topological polar surface area (TPSA) is 23.6 Å². The van der Waals surface area contributed by atoms with Gasteiger partial charge in [-0.25, -0.2) is 0 Å². The minimum atomic E-state index is -0.0589. The van der Waals surface area contributed by atoms with Crippen LogP contribution >= 0.6 is 0 Å². The first-order valence-electron chi connectivity index (χ1n) is 7.20. The minimum absolute atomic E-state index is 0.0589. The summed E-state index contributed by atoms with van der Waals surface area (Å²) in [5.41, 5.74) is 4.55. The van der Waals surface area contributed by atoms with E-state index in [9.17, 15) is 4.79 Å². The number of amides is 1. The van der Waals surface area contributed by atoms with Crippen molar-refractivity contribution in [1.82, 2.24) is 0 Å². The van der Waals surface area contributed by atoms with Crippen molar-refractivity contribution in [2.45, 2.75) is 12.3 Å². The van der Waals surface area contributed by atoms with Crippen molar-refractivity contribution in [3.63, 3.8) is 0 Å². The van der Waals surface area contributed by atoms with Crippen LogP contribution in [0.3, 0.4) is 0 Å². The number of likely N-dealkylation sites (N-methyl/N-ethyl adjacent to an activating group) is 1. The monoisotopic (exact) mass is 280 g/mol. The largest absolute Gasteiger partial charge is 0.378 e. The Balaban J connectivity index is 1.86. The molecule has 1 amide bonds. The zero-order chi connectivity index (χ0) is 15.0. The standard InChI is InChI=1S/C18H20N2O/c1-19(2)14-10-8-13(9-11-14)12-16-15-6-4-5-7-17(15)20(3)18(16)21/h4-11,16H,12H2,1-3H3. The lowest BCUT2D eigenvalue weighted by atomic mass is 9.93. The van der Waals surface area contributed by atoms with Crippen LogP contribution < -0.4 is 9.80 Å². The van der Waals surface area contributed by atoms with E-state index in [1.54, 1.807) is 4.90 Å². The second-order valence-corrected chi connectivity index (χ2v) is 5.77. The van der Waals surface area contributed by atoms with Crippen molar-refractivity contribution >= 4 is 17.3 Å². The van der Waals surface area contributed by atoms with Crippen LogP contribution in [0.4, 0.5) is 11.4 Å². The molecule has 0 N–H and O–H groups in total. The highest BCUT2D eigenvalue weighted by atomic mass is 16.2. The summed E-state index contributed by atoms with van der Waals surface area (Å²) in [5, 5.41) is 0. The summed E-state index contributed by atoms with van der Waals surface area (Å²) in [6.45, 7) is 0. The molecule has 0 fully saturated rings. The van der Waals surface area contributed by atoms with Gasteiger partial charge in [0.25, 0.3) is 0 Å². The van der Waals surface area contributed by atoms with Crippen molar-refractivity contribution in [2.75, 3.05) is 30.9 Å². The van der Waals surface area contributed by atoms with Gasteiger partial charge in [0, 0.05) is 32.5 Å². The van der Waals surface area contributed by atoms with Crippen LogP contribution in [-0.4, -0.2) is 27.1 Å². The van der Waals surface area contributed by atoms with Crippen molar-refractivity contribution < 1.29 is 4.79 Å². The molecule has 1 unspecified atom stereocenters. The highest BCUT2D eigenvalue weighted by Crippen LogP contribution is 2.38. The first-order chi connectivity index (χ1) is 10.1. The van der Waals surface area contributed by atoms with E-state index in [1.165, 1.54) is 11.3 Å². The Morgan fingerprint density at radius 1 is 1.05 bits per heavy atom. The van der Waals surface area contributed by atoms with E-state index in [2.05, 4.69) is 35.2 Å². The third-order valence-corrected chi connectivity index (χ3v) is 4.19. The Labute approximate surface area is 125 Å². The van der Waals surface area contributed by atoms with Crippen LogP contribution in [0, 0.1) is 0 Å². The zero-order valence-electron chi connectivity index (χ0n) is 12.7. The smallest absolute Gasteiger partial charge is 0.234 e. The Morgan fingerprint density at radius 2 is 1.71 bits per heavy atom. The predicted octanol–water partition coefficient (Wildman–Crippen LogP) is 3.06. The van der Waals surface area contributed by atoms with Crippen molar-refractivity contribution in [1.29, 1.82) is 0 Å². The summed E-state index contributed by atoms with van der Waals surface area (Å²) in [4.78, 5) is 16.3. The van der Waals surface area contributed by atoms with Crippen LogP contribution in [0.5, 0.6) is 0 Å². The molecule has 0 aliphatic carbocycles. The van der Waals surface area contributed by atoms with E-state index >= 15 is 0 Å². The number of benzene rings is 2. The van der Waals surface area contributed by atoms with Crippen LogP contribution in [0.2, 0.25) is 0 Å². The fourth-order valence-corrected chi connectivity index (χ4v) is 2.94. The highest BCUT2D eigenvalue weighted by Gasteiger charge is 2.34. The van der Waals surface area contributed by atoms with Gasteiger partial charge in [-0.05, 0) is 35.7 Å². The molecule has 108 valence electrons. The second kappa shape index (κ2) is 5.24. The number of carbonyl (C=O) groups is 1. The van der Waals surface area contributed by atoms with Crippen LogP contribution in [-0.2, 0) is 11.2 Å². The molecule has 21 heavy (non-hydrogen) atoms. The van der Waals surface area contributed by atoms with Gasteiger partial charge < -0.3 is 9.80 Å². The third kappa shape index (κ3) is 2.40. The molecule has 0 radical (unpaired) electrons. The number of para-hydroxylation sites is 1. The van der Waals surface area contributed by atoms with Crippen molar-refractivity contribution in [3.05, 3.63) is 59.7 Å². The van der Waals surface area contributed by atoms with Gasteiger partial charge in [-0.3, -0.25) is 4.79 Å². The summed E-state index contributed by atoms with van der Waals surface area (Å²) in [5.74, 6) is 0.129. The molecule has 2 aromatic carbocycles. The number of anilines is 2. The number of carbonyl (C=O) groups excluding carboxylic acids is 1. The summed E-state index contributed by atoms with van der Waals surface area (Å²) < 4.78 is 0. The number of hydrogen-bond acceptors (Lipinski definition) is 2. The van der Waals surface area contributed by atoms with Gasteiger partial charge in [-0.1, -0.05) is 30.3 Å². The highest BCUT2D eigenvalue weighted by molar-refractivity contribution is 6.04. The molecule has 3 heteroatoms. The van der Waals surface area contributed by atoms with Gasteiger partial charge >= 0.3 is 0 Å². The molecule has 1 atom stereocenters. The zero-order valence-corrected chi connectivity index (χ0v) is 12.7. The fraction of sp³-hybridized carbons (Fsp3) is 0.278. The van der Waals surface area contributed by atoms with E-state index in [-0.39, 0.29) is 11.8 Å². The summed E-state index contributed by atoms with van der Waals surface area (Å²) >= 11 is 0. The molecule has 3 nitrogen and oxygen atoms in total. The van der Waals surface area contributed by atoms with E-state index in [0.717, 1.165) is 17.7 Å². The second-order valence-electron chi connectivity index (χ2n) is 5.77. The Kier molecular flexibility index (Phi) is 3.42. The number of rotatable bonds is 3. The van der Waals surface area contributed by atoms with Gasteiger partial charge in [0.1, 0.15) is 0 Å². The van der Waals surface area contributed by atoms with Crippen molar-refractivity contribution in [2.24, 2.45) is 0 Å². The summed E-state index contributed by atoms with van der Waals surface area (Å²) in [6, 6.07) is 16.5. The van der Waals surface area contributed by atoms with Gasteiger partial charge in [-0.15, -0.1) is 0 Å². The fourth-order valence-electron chi connectivity index (χ4n) is 2.94. The van der Waals surface area contributed by atoms with Crippen LogP contribution in [0.25, 0.3) is 0 Å². The van der Waals surface area contributed by atoms with Gasteiger partial charge in [-0.2, -0.15) is 0 Å². The molecule has 0 bridgehead atoms. The van der Waals surface area contributed by atoms with Gasteiger partial charge in [0.2, 0.25) is 5.91 Å². The molecule has 3 rings (SSSR count). The normalized spacial score (nSPS) is 17.0. The van der Waals surface area contributed by atoms with Gasteiger partial charge in [0.15, 0.2) is 0 Å². The molecular weight excluding hydrogens is 260 g/mol. The molecule has 1 aliphatic heterocycles. The van der Waals surface area contributed by atoms with E-state index in [0.29, 0.717) is 0 Å². The third-order valence-electron chi connectivity index (χ3n) is 4.19. The lowest BCUT2D eigenvalue weighted by Gasteiger charge is -2.14. The SMILES string of the molecule is CN(C)c1ccc(CC2C(=O)N(C)c3ccccc32)cc1. The maximum Gasteiger partial charge on any atom is 0.234 e. The maximum atomic E-state index is 12.5. The molecule has 0 saturated heterocycles. The predicted molar refractivity (Wildman–Crippen MR) is 87.1 cm³/mol. The number of hydrogen-bond donors (Lipinski definition) is 0. The molecule has 1 aliphatic rings. The maximum absolute atomic E-state index is 12.5. The first-order valence-corrected chi connectivity index (χ1v) is 7.20. The molecule has 0 spiro atoms.